The van der Waals surface area contributed by atoms with Gasteiger partial charge in [0, 0.05) is 47.4 Å². The number of rotatable bonds is 12. The zero-order chi connectivity index (χ0) is 33.6. The fourth-order valence-electron chi connectivity index (χ4n) is 5.18. The zero-order valence-electron chi connectivity index (χ0n) is 25.6. The summed E-state index contributed by atoms with van der Waals surface area (Å²) in [6, 6.07) is 16.1. The highest BCUT2D eigenvalue weighted by molar-refractivity contribution is 7.85. The second kappa shape index (κ2) is 15.2. The topological polar surface area (TPSA) is 140 Å². The van der Waals surface area contributed by atoms with Crippen LogP contribution in [0.1, 0.15) is 40.7 Å². The Labute approximate surface area is 283 Å². The van der Waals surface area contributed by atoms with Gasteiger partial charge < -0.3 is 19.7 Å². The minimum absolute atomic E-state index is 0.0107. The van der Waals surface area contributed by atoms with Crippen molar-refractivity contribution in [2.24, 2.45) is 0 Å². The Morgan fingerprint density at radius 3 is 2.70 bits per heavy atom. The maximum atomic E-state index is 13.4. The van der Waals surface area contributed by atoms with Crippen LogP contribution in [0, 0.1) is 6.92 Å². The van der Waals surface area contributed by atoms with Crippen LogP contribution < -0.4 is 19.7 Å². The molecular formula is C33H34Cl2N4O7S. The molecular weight excluding hydrogens is 667 g/mol. The Morgan fingerprint density at radius 1 is 1.11 bits per heavy atom. The Morgan fingerprint density at radius 2 is 1.91 bits per heavy atom. The number of aromatic nitrogens is 2. The van der Waals surface area contributed by atoms with E-state index >= 15 is 0 Å². The molecule has 0 fully saturated rings. The van der Waals surface area contributed by atoms with Crippen LogP contribution in [-0.2, 0) is 21.5 Å². The van der Waals surface area contributed by atoms with Crippen LogP contribution in [0.25, 0.3) is 11.1 Å². The highest BCUT2D eigenvalue weighted by atomic mass is 35.5. The first-order valence-electron chi connectivity index (χ1n) is 15.0. The largest absolute Gasteiger partial charge is 0.493 e. The quantitative estimate of drug-likeness (QED) is 0.140. The molecule has 4 aromatic rings. The van der Waals surface area contributed by atoms with Crippen molar-refractivity contribution in [3.05, 3.63) is 93.7 Å². The van der Waals surface area contributed by atoms with E-state index < -0.39 is 21.8 Å². The minimum Gasteiger partial charge on any atom is -0.493 e. The third-order valence-electron chi connectivity index (χ3n) is 7.58. The number of para-hydroxylation sites is 1. The van der Waals surface area contributed by atoms with Gasteiger partial charge in [-0.3, -0.25) is 18.8 Å². The molecule has 0 aliphatic carbocycles. The maximum Gasteiger partial charge on any atom is 0.266 e. The molecule has 47 heavy (non-hydrogen) atoms. The van der Waals surface area contributed by atoms with E-state index in [1.807, 2.05) is 49.5 Å². The molecule has 1 aliphatic rings. The number of hydrogen-bond donors (Lipinski definition) is 2. The van der Waals surface area contributed by atoms with E-state index in [1.54, 1.807) is 34.0 Å². The minimum atomic E-state index is -4.19. The van der Waals surface area contributed by atoms with Gasteiger partial charge in [0.25, 0.3) is 16.0 Å². The van der Waals surface area contributed by atoms with E-state index in [2.05, 4.69) is 10.4 Å². The maximum absolute atomic E-state index is 13.4. The SMILES string of the molecule is Cc1c(Cl)cccc1OCCCC(=O)N1CCCOc2c(-c3cnn(Cc4ccc(C(=O)NCCS(=O)(=O)O)c(Cl)c4)c3)cccc21. The van der Waals surface area contributed by atoms with Crippen molar-refractivity contribution in [2.75, 3.05) is 37.0 Å². The van der Waals surface area contributed by atoms with Gasteiger partial charge in [0.15, 0.2) is 5.75 Å². The highest BCUT2D eigenvalue weighted by Gasteiger charge is 2.25. The number of fused-ring (bicyclic) bond motifs is 1. The molecule has 0 spiro atoms. The Bertz CT molecular complexity index is 1880. The molecule has 3 aromatic carbocycles. The van der Waals surface area contributed by atoms with Crippen LogP contribution in [0.15, 0.2) is 67.0 Å². The normalized spacial score (nSPS) is 13.0. The predicted molar refractivity (Wildman–Crippen MR) is 180 cm³/mol. The second-order valence-corrected chi connectivity index (χ2v) is 13.4. The first-order chi connectivity index (χ1) is 22.5. The third kappa shape index (κ3) is 8.83. The van der Waals surface area contributed by atoms with Crippen molar-refractivity contribution >= 4 is 50.8 Å². The van der Waals surface area contributed by atoms with Crippen molar-refractivity contribution < 1.29 is 32.0 Å². The molecule has 14 heteroatoms. The molecule has 2 amide bonds. The highest BCUT2D eigenvalue weighted by Crippen LogP contribution is 2.40. The van der Waals surface area contributed by atoms with Gasteiger partial charge in [-0.2, -0.15) is 13.5 Å². The van der Waals surface area contributed by atoms with Gasteiger partial charge in [0.05, 0.1) is 48.0 Å². The summed E-state index contributed by atoms with van der Waals surface area (Å²) in [7, 11) is -4.19. The van der Waals surface area contributed by atoms with Crippen molar-refractivity contribution in [2.45, 2.75) is 32.7 Å². The summed E-state index contributed by atoms with van der Waals surface area (Å²) < 4.78 is 44.4. The summed E-state index contributed by atoms with van der Waals surface area (Å²) in [5.41, 5.74) is 4.16. The van der Waals surface area contributed by atoms with Gasteiger partial charge in [0.2, 0.25) is 5.91 Å². The molecule has 0 radical (unpaired) electrons. The standard InChI is InChI=1S/C33H34Cl2N4O7S/c1-22-27(34)7-3-9-30(22)45-15-4-10-31(40)39-14-5-16-46-32-25(6-2-8-29(32)39)24-19-37-38(21-24)20-23-11-12-26(28(35)18-23)33(41)36-13-17-47(42,43)44/h2-3,6-9,11-12,18-19,21H,4-5,10,13-17,20H2,1H3,(H,36,41)(H,42,43,44). The number of benzene rings is 3. The monoisotopic (exact) mass is 700 g/mol. The summed E-state index contributed by atoms with van der Waals surface area (Å²) in [5.74, 6) is 0.174. The van der Waals surface area contributed by atoms with Crippen molar-refractivity contribution in [3.63, 3.8) is 0 Å². The summed E-state index contributed by atoms with van der Waals surface area (Å²) in [6.07, 6.45) is 5.15. The van der Waals surface area contributed by atoms with Gasteiger partial charge in [0.1, 0.15) is 5.75 Å². The van der Waals surface area contributed by atoms with E-state index in [0.29, 0.717) is 67.8 Å². The molecule has 0 bridgehead atoms. The molecule has 11 nitrogen and oxygen atoms in total. The molecule has 5 rings (SSSR count). The molecule has 0 atom stereocenters. The number of nitrogens with one attached hydrogen (secondary N) is 1. The number of hydrogen-bond acceptors (Lipinski definition) is 7. The molecule has 0 unspecified atom stereocenters. The molecule has 2 N–H and O–H groups in total. The van der Waals surface area contributed by atoms with Crippen LogP contribution >= 0.6 is 23.2 Å². The number of ether oxygens (including phenoxy) is 2. The fourth-order valence-corrected chi connectivity index (χ4v) is 6.00. The summed E-state index contributed by atoms with van der Waals surface area (Å²) >= 11 is 12.5. The predicted octanol–water partition coefficient (Wildman–Crippen LogP) is 5.81. The smallest absolute Gasteiger partial charge is 0.266 e. The van der Waals surface area contributed by atoms with Crippen LogP contribution in [0.3, 0.4) is 0 Å². The summed E-state index contributed by atoms with van der Waals surface area (Å²) in [4.78, 5) is 27.6. The van der Waals surface area contributed by atoms with E-state index in [9.17, 15) is 18.0 Å². The first-order valence-corrected chi connectivity index (χ1v) is 17.4. The van der Waals surface area contributed by atoms with Crippen LogP contribution in [0.4, 0.5) is 5.69 Å². The third-order valence-corrected chi connectivity index (χ3v) is 9.02. The molecule has 0 saturated heterocycles. The lowest BCUT2D eigenvalue weighted by Gasteiger charge is -2.23. The zero-order valence-corrected chi connectivity index (χ0v) is 27.9. The number of amides is 2. The van der Waals surface area contributed by atoms with Gasteiger partial charge in [-0.25, -0.2) is 0 Å². The summed E-state index contributed by atoms with van der Waals surface area (Å²) in [6.45, 7) is 3.41. The van der Waals surface area contributed by atoms with E-state index in [1.165, 1.54) is 0 Å². The number of carbonyl (C=O) groups is 2. The van der Waals surface area contributed by atoms with Gasteiger partial charge in [-0.15, -0.1) is 0 Å². The average molecular weight is 702 g/mol. The van der Waals surface area contributed by atoms with Crippen molar-refractivity contribution in [1.82, 2.24) is 15.1 Å². The molecule has 1 aromatic heterocycles. The first kappa shape index (κ1) is 34.2. The lowest BCUT2D eigenvalue weighted by molar-refractivity contribution is -0.118. The molecule has 248 valence electrons. The lowest BCUT2D eigenvalue weighted by atomic mass is 10.1. The van der Waals surface area contributed by atoms with Crippen LogP contribution in [0.5, 0.6) is 11.5 Å². The van der Waals surface area contributed by atoms with E-state index in [-0.39, 0.29) is 23.0 Å². The fraction of sp³-hybridized carbons (Fsp3) is 0.303. The number of halogens is 2. The van der Waals surface area contributed by atoms with Gasteiger partial charge in [-0.05, 0) is 55.7 Å². The van der Waals surface area contributed by atoms with Crippen LogP contribution in [0.2, 0.25) is 10.0 Å². The van der Waals surface area contributed by atoms with Crippen molar-refractivity contribution in [1.29, 1.82) is 0 Å². The molecule has 1 aliphatic heterocycles. The lowest BCUT2D eigenvalue weighted by Crippen LogP contribution is -2.31. The van der Waals surface area contributed by atoms with Crippen LogP contribution in [-0.4, -0.2) is 66.6 Å². The van der Waals surface area contributed by atoms with E-state index in [4.69, 9.17) is 37.2 Å². The van der Waals surface area contributed by atoms with E-state index in [0.717, 1.165) is 22.3 Å². The number of nitrogens with zero attached hydrogens (tertiary/aromatic N) is 3. The van der Waals surface area contributed by atoms with Gasteiger partial charge in [-0.1, -0.05) is 47.5 Å². The Hall–Kier alpha value is -4.10. The molecule has 0 saturated carbocycles. The average Bonchev–Trinajstić information content (AvgIpc) is 3.37. The molecule has 2 heterocycles. The second-order valence-electron chi connectivity index (χ2n) is 11.0. The van der Waals surface area contributed by atoms with Crippen molar-refractivity contribution in [3.8, 4) is 22.6 Å². The Kier molecular flexibility index (Phi) is 11.1. The van der Waals surface area contributed by atoms with Gasteiger partial charge >= 0.3 is 0 Å². The number of carbonyl (C=O) groups excluding carboxylic acids is 2. The Balaban J connectivity index is 1.24. The number of anilines is 1. The summed E-state index contributed by atoms with van der Waals surface area (Å²) in [5, 5.41) is 7.76.